The molecule has 1 saturated heterocycles. The summed E-state index contributed by atoms with van der Waals surface area (Å²) in [4.78, 5) is 2.41. The van der Waals surface area contributed by atoms with E-state index in [9.17, 15) is 5.11 Å². The fourth-order valence-electron chi connectivity index (χ4n) is 3.77. The van der Waals surface area contributed by atoms with Gasteiger partial charge in [0.1, 0.15) is 0 Å². The molecule has 0 unspecified atom stereocenters. The molecular formula is C19H27ClN2O. The van der Waals surface area contributed by atoms with E-state index in [1.54, 1.807) is 0 Å². The third-order valence-corrected chi connectivity index (χ3v) is 5.47. The van der Waals surface area contributed by atoms with Gasteiger partial charge in [-0.05, 0) is 51.4 Å². The molecule has 0 saturated carbocycles. The number of aryl methyl sites for hydroxylation is 1. The fourth-order valence-corrected chi connectivity index (χ4v) is 4.05. The zero-order valence-corrected chi connectivity index (χ0v) is 14.9. The van der Waals surface area contributed by atoms with Gasteiger partial charge in [0.2, 0.25) is 0 Å². The van der Waals surface area contributed by atoms with Gasteiger partial charge in [-0.25, -0.2) is 0 Å². The summed E-state index contributed by atoms with van der Waals surface area (Å²) >= 11 is 6.43. The Balaban J connectivity index is 1.79. The molecule has 1 aromatic carbocycles. The second-order valence-corrected chi connectivity index (χ2v) is 7.23. The van der Waals surface area contributed by atoms with Crippen molar-refractivity contribution in [2.45, 2.75) is 52.2 Å². The van der Waals surface area contributed by atoms with E-state index >= 15 is 0 Å². The molecule has 1 aromatic heterocycles. The van der Waals surface area contributed by atoms with Crippen molar-refractivity contribution in [3.8, 4) is 0 Å². The van der Waals surface area contributed by atoms with E-state index in [2.05, 4.69) is 29.4 Å². The first-order chi connectivity index (χ1) is 11.1. The first-order valence-corrected chi connectivity index (χ1v) is 9.10. The Morgan fingerprint density at radius 2 is 1.78 bits per heavy atom. The van der Waals surface area contributed by atoms with Crippen molar-refractivity contribution in [3.05, 3.63) is 34.5 Å². The highest BCUT2D eigenvalue weighted by Crippen LogP contribution is 2.31. The number of para-hydroxylation sites is 1. The van der Waals surface area contributed by atoms with Gasteiger partial charge in [-0.1, -0.05) is 36.6 Å². The Kier molecular flexibility index (Phi) is 5.30. The predicted octanol–water partition coefficient (Wildman–Crippen LogP) is 4.15. The Morgan fingerprint density at radius 3 is 2.48 bits per heavy atom. The van der Waals surface area contributed by atoms with Crippen LogP contribution in [0.4, 0.5) is 0 Å². The highest BCUT2D eigenvalue weighted by molar-refractivity contribution is 6.35. The smallest absolute Gasteiger partial charge is 0.0845 e. The van der Waals surface area contributed by atoms with Crippen LogP contribution in [0.2, 0.25) is 5.02 Å². The lowest BCUT2D eigenvalue weighted by Crippen LogP contribution is -2.35. The van der Waals surface area contributed by atoms with Gasteiger partial charge < -0.3 is 14.6 Å². The number of aromatic nitrogens is 1. The van der Waals surface area contributed by atoms with Crippen LogP contribution in [-0.4, -0.2) is 40.3 Å². The Bertz CT molecular complexity index is 672. The first kappa shape index (κ1) is 16.8. The number of aliphatic hydroxyl groups excluding tert-OH is 1. The summed E-state index contributed by atoms with van der Waals surface area (Å²) in [5.41, 5.74) is 3.51. The van der Waals surface area contributed by atoms with Crippen molar-refractivity contribution in [2.24, 2.45) is 0 Å². The fraction of sp³-hybridized carbons (Fsp3) is 0.579. The molecule has 2 heterocycles. The minimum Gasteiger partial charge on any atom is -0.390 e. The monoisotopic (exact) mass is 334 g/mol. The van der Waals surface area contributed by atoms with Crippen molar-refractivity contribution in [3.63, 3.8) is 0 Å². The van der Waals surface area contributed by atoms with Crippen molar-refractivity contribution >= 4 is 22.5 Å². The summed E-state index contributed by atoms with van der Waals surface area (Å²) in [5.74, 6) is 0. The highest BCUT2D eigenvalue weighted by atomic mass is 35.5. The molecule has 0 spiro atoms. The molecule has 2 aromatic rings. The van der Waals surface area contributed by atoms with E-state index in [0.717, 1.165) is 30.2 Å². The summed E-state index contributed by atoms with van der Waals surface area (Å²) in [7, 11) is 0. The maximum Gasteiger partial charge on any atom is 0.0845 e. The van der Waals surface area contributed by atoms with Gasteiger partial charge in [-0.2, -0.15) is 0 Å². The standard InChI is InChI=1S/C19H27ClN2O/c1-14-15(2)22(19-17(14)8-7-9-18(19)20)13-16(23)12-21-10-5-3-4-6-11-21/h7-9,16,23H,3-6,10-13H2,1-2H3/t16-/m0/s1. The summed E-state index contributed by atoms with van der Waals surface area (Å²) in [6.07, 6.45) is 4.79. The third-order valence-electron chi connectivity index (χ3n) is 5.17. The number of likely N-dealkylation sites (tertiary alicyclic amines) is 1. The van der Waals surface area contributed by atoms with Gasteiger partial charge in [-0.3, -0.25) is 0 Å². The van der Waals surface area contributed by atoms with Crippen LogP contribution in [0.1, 0.15) is 36.9 Å². The van der Waals surface area contributed by atoms with Gasteiger partial charge in [0.05, 0.1) is 23.2 Å². The number of hydrogen-bond acceptors (Lipinski definition) is 2. The summed E-state index contributed by atoms with van der Waals surface area (Å²) < 4.78 is 2.19. The molecule has 1 aliphatic heterocycles. The van der Waals surface area contributed by atoms with Gasteiger partial charge in [-0.15, -0.1) is 0 Å². The van der Waals surface area contributed by atoms with Crippen LogP contribution in [0.25, 0.3) is 10.9 Å². The largest absolute Gasteiger partial charge is 0.390 e. The van der Waals surface area contributed by atoms with Crippen LogP contribution in [0.3, 0.4) is 0 Å². The Morgan fingerprint density at radius 1 is 1.09 bits per heavy atom. The van der Waals surface area contributed by atoms with Crippen LogP contribution < -0.4 is 0 Å². The lowest BCUT2D eigenvalue weighted by Gasteiger charge is -2.24. The lowest BCUT2D eigenvalue weighted by molar-refractivity contribution is 0.100. The molecule has 0 radical (unpaired) electrons. The maximum atomic E-state index is 10.6. The number of β-amino-alcohol motifs (C(OH)–C–C–N with tert-alkyl or cyclic N) is 1. The Labute approximate surface area is 143 Å². The van der Waals surface area contributed by atoms with Crippen molar-refractivity contribution < 1.29 is 5.11 Å². The number of fused-ring (bicyclic) bond motifs is 1. The third kappa shape index (κ3) is 3.57. The minimum absolute atomic E-state index is 0.363. The quantitative estimate of drug-likeness (QED) is 0.909. The zero-order valence-electron chi connectivity index (χ0n) is 14.2. The van der Waals surface area contributed by atoms with Crippen LogP contribution >= 0.6 is 11.6 Å². The summed E-state index contributed by atoms with van der Waals surface area (Å²) in [6, 6.07) is 6.04. The number of aliphatic hydroxyl groups is 1. The molecule has 0 bridgehead atoms. The maximum absolute atomic E-state index is 10.6. The first-order valence-electron chi connectivity index (χ1n) is 8.72. The molecule has 1 aliphatic rings. The van der Waals surface area contributed by atoms with Crippen LogP contribution in [0.5, 0.6) is 0 Å². The van der Waals surface area contributed by atoms with Crippen molar-refractivity contribution in [1.29, 1.82) is 0 Å². The van der Waals surface area contributed by atoms with E-state index in [1.807, 2.05) is 12.1 Å². The number of halogens is 1. The Hall–Kier alpha value is -1.03. The van der Waals surface area contributed by atoms with E-state index in [1.165, 1.54) is 42.3 Å². The summed E-state index contributed by atoms with van der Waals surface area (Å²) in [5, 5.41) is 12.6. The molecular weight excluding hydrogens is 308 g/mol. The molecule has 4 heteroatoms. The molecule has 0 amide bonds. The highest BCUT2D eigenvalue weighted by Gasteiger charge is 2.18. The zero-order chi connectivity index (χ0) is 16.4. The second kappa shape index (κ2) is 7.25. The lowest BCUT2D eigenvalue weighted by atomic mass is 10.2. The normalized spacial score (nSPS) is 18.3. The average Bonchev–Trinajstić information content (AvgIpc) is 2.72. The van der Waals surface area contributed by atoms with Crippen LogP contribution in [0.15, 0.2) is 18.2 Å². The SMILES string of the molecule is Cc1c(C)n(C[C@@H](O)CN2CCCCCC2)c2c(Cl)cccc12. The molecule has 0 aliphatic carbocycles. The molecule has 3 nitrogen and oxygen atoms in total. The number of hydrogen-bond donors (Lipinski definition) is 1. The molecule has 23 heavy (non-hydrogen) atoms. The van der Waals surface area contributed by atoms with E-state index < -0.39 is 0 Å². The van der Waals surface area contributed by atoms with Gasteiger partial charge in [0, 0.05) is 17.6 Å². The molecule has 1 N–H and O–H groups in total. The van der Waals surface area contributed by atoms with Gasteiger partial charge in [0.25, 0.3) is 0 Å². The average molecular weight is 335 g/mol. The minimum atomic E-state index is -0.363. The molecule has 1 fully saturated rings. The predicted molar refractivity (Wildman–Crippen MR) is 97.3 cm³/mol. The van der Waals surface area contributed by atoms with Gasteiger partial charge >= 0.3 is 0 Å². The van der Waals surface area contributed by atoms with Gasteiger partial charge in [0.15, 0.2) is 0 Å². The number of rotatable bonds is 4. The number of benzene rings is 1. The van der Waals surface area contributed by atoms with E-state index in [4.69, 9.17) is 11.6 Å². The van der Waals surface area contributed by atoms with Crippen molar-refractivity contribution in [2.75, 3.05) is 19.6 Å². The molecule has 126 valence electrons. The van der Waals surface area contributed by atoms with Crippen LogP contribution in [0, 0.1) is 13.8 Å². The van der Waals surface area contributed by atoms with E-state index in [-0.39, 0.29) is 6.10 Å². The second-order valence-electron chi connectivity index (χ2n) is 6.83. The topological polar surface area (TPSA) is 28.4 Å². The van der Waals surface area contributed by atoms with E-state index in [0.29, 0.717) is 6.54 Å². The van der Waals surface area contributed by atoms with Crippen LogP contribution in [-0.2, 0) is 6.54 Å². The molecule has 1 atom stereocenters. The molecule has 3 rings (SSSR count). The number of nitrogens with zero attached hydrogens (tertiary/aromatic N) is 2. The summed E-state index contributed by atoms with van der Waals surface area (Å²) in [6.45, 7) is 7.83. The van der Waals surface area contributed by atoms with Crippen molar-refractivity contribution in [1.82, 2.24) is 9.47 Å².